The van der Waals surface area contributed by atoms with Gasteiger partial charge >= 0.3 is 0 Å². The first-order chi connectivity index (χ1) is 9.56. The average Bonchev–Trinajstić information content (AvgIpc) is 2.83. The third kappa shape index (κ3) is 4.15. The SMILES string of the molecule is CC(C)CNc1nccn1CCc1ccc(Cl)cc1Cl. The molecule has 0 fully saturated rings. The quantitative estimate of drug-likeness (QED) is 0.851. The van der Waals surface area contributed by atoms with Crippen LogP contribution in [-0.4, -0.2) is 16.1 Å². The number of halogens is 2. The number of nitrogens with one attached hydrogen (secondary N) is 1. The largest absolute Gasteiger partial charge is 0.355 e. The van der Waals surface area contributed by atoms with Crippen molar-refractivity contribution in [3.05, 3.63) is 46.2 Å². The molecule has 0 unspecified atom stereocenters. The molecule has 1 N–H and O–H groups in total. The maximum absolute atomic E-state index is 6.19. The van der Waals surface area contributed by atoms with Crippen LogP contribution in [0.15, 0.2) is 30.6 Å². The van der Waals surface area contributed by atoms with Crippen LogP contribution in [0, 0.1) is 5.92 Å². The van der Waals surface area contributed by atoms with E-state index in [9.17, 15) is 0 Å². The van der Waals surface area contributed by atoms with E-state index in [1.807, 2.05) is 24.5 Å². The van der Waals surface area contributed by atoms with E-state index in [0.29, 0.717) is 16.0 Å². The summed E-state index contributed by atoms with van der Waals surface area (Å²) in [4.78, 5) is 4.33. The molecule has 0 aliphatic heterocycles. The molecular weight excluding hydrogens is 293 g/mol. The first-order valence-corrected chi connectivity index (χ1v) is 7.51. The Morgan fingerprint density at radius 2 is 2.10 bits per heavy atom. The normalized spacial score (nSPS) is 11.1. The van der Waals surface area contributed by atoms with Gasteiger partial charge in [-0.15, -0.1) is 0 Å². The maximum Gasteiger partial charge on any atom is 0.202 e. The van der Waals surface area contributed by atoms with Gasteiger partial charge in [0, 0.05) is 35.5 Å². The van der Waals surface area contributed by atoms with E-state index in [-0.39, 0.29) is 0 Å². The molecule has 0 saturated carbocycles. The summed E-state index contributed by atoms with van der Waals surface area (Å²) in [6, 6.07) is 5.63. The average molecular weight is 312 g/mol. The molecule has 5 heteroatoms. The van der Waals surface area contributed by atoms with E-state index >= 15 is 0 Å². The molecule has 0 bridgehead atoms. The highest BCUT2D eigenvalue weighted by Crippen LogP contribution is 2.22. The summed E-state index contributed by atoms with van der Waals surface area (Å²) in [6.07, 6.45) is 4.64. The monoisotopic (exact) mass is 311 g/mol. The Hall–Kier alpha value is -1.19. The van der Waals surface area contributed by atoms with Gasteiger partial charge in [-0.2, -0.15) is 0 Å². The van der Waals surface area contributed by atoms with Crippen molar-refractivity contribution in [1.29, 1.82) is 0 Å². The topological polar surface area (TPSA) is 29.9 Å². The number of nitrogens with zero attached hydrogens (tertiary/aromatic N) is 2. The molecular formula is C15H19Cl2N3. The van der Waals surface area contributed by atoms with E-state index < -0.39 is 0 Å². The molecule has 0 radical (unpaired) electrons. The molecule has 1 heterocycles. The van der Waals surface area contributed by atoms with Crippen LogP contribution in [0.3, 0.4) is 0 Å². The van der Waals surface area contributed by atoms with Gasteiger partial charge in [0.1, 0.15) is 0 Å². The highest BCUT2D eigenvalue weighted by molar-refractivity contribution is 6.35. The molecule has 3 nitrogen and oxygen atoms in total. The Bertz CT molecular complexity index is 564. The van der Waals surface area contributed by atoms with Crippen molar-refractivity contribution in [1.82, 2.24) is 9.55 Å². The van der Waals surface area contributed by atoms with Gasteiger partial charge < -0.3 is 9.88 Å². The zero-order chi connectivity index (χ0) is 14.5. The standard InChI is InChI=1S/C15H19Cl2N3/c1-11(2)10-19-15-18-6-8-20(15)7-5-12-3-4-13(16)9-14(12)17/h3-4,6,8-9,11H,5,7,10H2,1-2H3,(H,18,19). The first kappa shape index (κ1) is 15.2. The Balaban J connectivity index is 1.98. The van der Waals surface area contributed by atoms with Crippen molar-refractivity contribution in [2.75, 3.05) is 11.9 Å². The number of imidazole rings is 1. The van der Waals surface area contributed by atoms with Crippen molar-refractivity contribution in [3.8, 4) is 0 Å². The van der Waals surface area contributed by atoms with Gasteiger partial charge in [0.2, 0.25) is 5.95 Å². The van der Waals surface area contributed by atoms with Gasteiger partial charge in [-0.1, -0.05) is 43.1 Å². The van der Waals surface area contributed by atoms with Gasteiger partial charge in [-0.05, 0) is 30.0 Å². The molecule has 0 aliphatic carbocycles. The second-order valence-corrected chi connectivity index (χ2v) is 6.05. The van der Waals surface area contributed by atoms with Crippen LogP contribution in [0.4, 0.5) is 5.95 Å². The third-order valence-electron chi connectivity index (χ3n) is 3.02. The van der Waals surface area contributed by atoms with Gasteiger partial charge in [-0.25, -0.2) is 4.98 Å². The lowest BCUT2D eigenvalue weighted by molar-refractivity contribution is 0.660. The zero-order valence-electron chi connectivity index (χ0n) is 11.7. The fourth-order valence-corrected chi connectivity index (χ4v) is 2.42. The lowest BCUT2D eigenvalue weighted by Gasteiger charge is -2.12. The van der Waals surface area contributed by atoms with Gasteiger partial charge in [0.15, 0.2) is 0 Å². The highest BCUT2D eigenvalue weighted by Gasteiger charge is 2.05. The van der Waals surface area contributed by atoms with Crippen LogP contribution in [0.25, 0.3) is 0 Å². The summed E-state index contributed by atoms with van der Waals surface area (Å²) < 4.78 is 2.10. The number of benzene rings is 1. The molecule has 0 spiro atoms. The predicted octanol–water partition coefficient (Wildman–Crippen LogP) is 4.50. The van der Waals surface area contributed by atoms with Crippen LogP contribution < -0.4 is 5.32 Å². The zero-order valence-corrected chi connectivity index (χ0v) is 13.2. The summed E-state index contributed by atoms with van der Waals surface area (Å²) in [6.45, 7) is 6.10. The Morgan fingerprint density at radius 3 is 2.80 bits per heavy atom. The molecule has 108 valence electrons. The minimum atomic E-state index is 0.589. The summed E-state index contributed by atoms with van der Waals surface area (Å²) in [5.74, 6) is 1.50. The Kier molecular flexibility index (Phi) is 5.32. The number of hydrogen-bond donors (Lipinski definition) is 1. The van der Waals surface area contributed by atoms with Crippen LogP contribution in [-0.2, 0) is 13.0 Å². The fourth-order valence-electron chi connectivity index (χ4n) is 1.92. The highest BCUT2D eigenvalue weighted by atomic mass is 35.5. The molecule has 0 aliphatic rings. The van der Waals surface area contributed by atoms with Gasteiger partial charge in [0.05, 0.1) is 0 Å². The number of aryl methyl sites for hydroxylation is 2. The van der Waals surface area contributed by atoms with Crippen molar-refractivity contribution >= 4 is 29.2 Å². The minimum absolute atomic E-state index is 0.589. The van der Waals surface area contributed by atoms with Crippen LogP contribution >= 0.6 is 23.2 Å². The molecule has 2 rings (SSSR count). The van der Waals surface area contributed by atoms with E-state index in [1.54, 1.807) is 6.07 Å². The van der Waals surface area contributed by atoms with E-state index in [1.165, 1.54) is 0 Å². The molecule has 2 aromatic rings. The van der Waals surface area contributed by atoms with Crippen LogP contribution in [0.5, 0.6) is 0 Å². The number of rotatable bonds is 6. The minimum Gasteiger partial charge on any atom is -0.355 e. The lowest BCUT2D eigenvalue weighted by Crippen LogP contribution is -2.13. The second kappa shape index (κ2) is 7.00. The van der Waals surface area contributed by atoms with Crippen LogP contribution in [0.2, 0.25) is 10.0 Å². The summed E-state index contributed by atoms with van der Waals surface area (Å²) >= 11 is 12.1. The molecule has 1 aromatic heterocycles. The molecule has 20 heavy (non-hydrogen) atoms. The molecule has 1 aromatic carbocycles. The van der Waals surface area contributed by atoms with E-state index in [2.05, 4.69) is 28.7 Å². The van der Waals surface area contributed by atoms with Gasteiger partial charge in [0.25, 0.3) is 0 Å². The maximum atomic E-state index is 6.19. The van der Waals surface area contributed by atoms with E-state index in [4.69, 9.17) is 23.2 Å². The molecule has 0 amide bonds. The Morgan fingerprint density at radius 1 is 1.30 bits per heavy atom. The summed E-state index contributed by atoms with van der Waals surface area (Å²) in [5.41, 5.74) is 1.10. The molecule has 0 atom stereocenters. The van der Waals surface area contributed by atoms with Crippen molar-refractivity contribution in [2.24, 2.45) is 5.92 Å². The predicted molar refractivity (Wildman–Crippen MR) is 85.7 cm³/mol. The van der Waals surface area contributed by atoms with Crippen molar-refractivity contribution in [2.45, 2.75) is 26.8 Å². The molecule has 0 saturated heterocycles. The number of hydrogen-bond acceptors (Lipinski definition) is 2. The summed E-state index contributed by atoms with van der Waals surface area (Å²) in [5, 5.41) is 4.73. The third-order valence-corrected chi connectivity index (χ3v) is 3.61. The van der Waals surface area contributed by atoms with Crippen LogP contribution in [0.1, 0.15) is 19.4 Å². The smallest absolute Gasteiger partial charge is 0.202 e. The first-order valence-electron chi connectivity index (χ1n) is 6.75. The number of anilines is 1. The second-order valence-electron chi connectivity index (χ2n) is 5.20. The van der Waals surface area contributed by atoms with E-state index in [0.717, 1.165) is 31.0 Å². The van der Waals surface area contributed by atoms with Gasteiger partial charge in [-0.3, -0.25) is 0 Å². The van der Waals surface area contributed by atoms with Crippen molar-refractivity contribution in [3.63, 3.8) is 0 Å². The summed E-state index contributed by atoms with van der Waals surface area (Å²) in [7, 11) is 0. The number of aromatic nitrogens is 2. The fraction of sp³-hybridized carbons (Fsp3) is 0.400. The van der Waals surface area contributed by atoms with Crippen molar-refractivity contribution < 1.29 is 0 Å². The lowest BCUT2D eigenvalue weighted by atomic mass is 10.1. The Labute approximate surface area is 129 Å².